The van der Waals surface area contributed by atoms with Crippen LogP contribution in [0.15, 0.2) is 0 Å². The highest BCUT2D eigenvalue weighted by Gasteiger charge is 2.40. The van der Waals surface area contributed by atoms with E-state index in [1.807, 2.05) is 0 Å². The molecule has 13 heavy (non-hydrogen) atoms. The average molecular weight is 180 g/mol. The van der Waals surface area contributed by atoms with Gasteiger partial charge in [0.1, 0.15) is 0 Å². The van der Waals surface area contributed by atoms with Gasteiger partial charge in [0.25, 0.3) is 0 Å². The topological polar surface area (TPSA) is 35.8 Å². The lowest BCUT2D eigenvalue weighted by Gasteiger charge is -2.14. The number of nitrogens with one attached hydrogen (secondary N) is 1. The van der Waals surface area contributed by atoms with Gasteiger partial charge >= 0.3 is 0 Å². The summed E-state index contributed by atoms with van der Waals surface area (Å²) in [6.45, 7) is 4.45. The molecule has 0 aromatic carbocycles. The summed E-state index contributed by atoms with van der Waals surface area (Å²) < 4.78 is 0. The van der Waals surface area contributed by atoms with E-state index in [0.29, 0.717) is 11.8 Å². The van der Waals surface area contributed by atoms with Gasteiger partial charge in [0.15, 0.2) is 0 Å². The largest absolute Gasteiger partial charge is 0.316 e. The van der Waals surface area contributed by atoms with Gasteiger partial charge in [0.05, 0.1) is 6.07 Å². The van der Waals surface area contributed by atoms with E-state index in [9.17, 15) is 0 Å². The number of unbranched alkanes of at least 4 members (excludes halogenated alkanes) is 1. The molecular weight excluding hydrogens is 160 g/mol. The Morgan fingerprint density at radius 2 is 2.23 bits per heavy atom. The van der Waals surface area contributed by atoms with Crippen molar-refractivity contribution in [2.45, 2.75) is 45.4 Å². The van der Waals surface area contributed by atoms with Crippen LogP contribution in [0.25, 0.3) is 0 Å². The minimum Gasteiger partial charge on any atom is -0.316 e. The molecule has 2 nitrogen and oxygen atoms in total. The van der Waals surface area contributed by atoms with Gasteiger partial charge in [-0.25, -0.2) is 0 Å². The summed E-state index contributed by atoms with van der Waals surface area (Å²) in [5.74, 6) is 0. The fourth-order valence-corrected chi connectivity index (χ4v) is 1.87. The third-order valence-electron chi connectivity index (χ3n) is 2.88. The summed E-state index contributed by atoms with van der Waals surface area (Å²) in [5.41, 5.74) is 0.654. The van der Waals surface area contributed by atoms with Crippen molar-refractivity contribution in [2.75, 3.05) is 13.1 Å². The number of hydrogen-bond acceptors (Lipinski definition) is 2. The highest BCUT2D eigenvalue weighted by Crippen LogP contribution is 2.48. The van der Waals surface area contributed by atoms with Crippen LogP contribution in [0, 0.1) is 16.7 Å². The molecule has 1 N–H and O–H groups in total. The molecule has 0 aromatic heterocycles. The van der Waals surface area contributed by atoms with E-state index in [0.717, 1.165) is 13.0 Å². The molecule has 0 amide bonds. The number of hydrogen-bond donors (Lipinski definition) is 1. The van der Waals surface area contributed by atoms with Crippen molar-refractivity contribution < 1.29 is 0 Å². The van der Waals surface area contributed by atoms with Crippen molar-refractivity contribution in [3.05, 3.63) is 0 Å². The molecule has 1 rings (SSSR count). The third kappa shape index (κ3) is 3.78. The zero-order valence-electron chi connectivity index (χ0n) is 8.60. The molecule has 0 unspecified atom stereocenters. The first-order valence-electron chi connectivity index (χ1n) is 5.41. The van der Waals surface area contributed by atoms with E-state index >= 15 is 0 Å². The summed E-state index contributed by atoms with van der Waals surface area (Å²) >= 11 is 0. The molecule has 0 heterocycles. The molecule has 0 radical (unpaired) electrons. The molecule has 1 aliphatic rings. The number of rotatable bonds is 7. The zero-order chi connectivity index (χ0) is 9.57. The van der Waals surface area contributed by atoms with Crippen molar-refractivity contribution in [3.63, 3.8) is 0 Å². The second-order valence-corrected chi connectivity index (χ2v) is 4.19. The molecule has 74 valence electrons. The molecule has 0 aliphatic heterocycles. The normalized spacial score (nSPS) is 18.2. The van der Waals surface area contributed by atoms with Crippen molar-refractivity contribution in [1.29, 1.82) is 5.26 Å². The first kappa shape index (κ1) is 10.5. The molecule has 1 aliphatic carbocycles. The van der Waals surface area contributed by atoms with Crippen molar-refractivity contribution >= 4 is 0 Å². The molecule has 0 atom stereocenters. The number of nitriles is 1. The van der Waals surface area contributed by atoms with Crippen LogP contribution in [0.5, 0.6) is 0 Å². The maximum Gasteiger partial charge on any atom is 0.0622 e. The van der Waals surface area contributed by atoms with E-state index in [2.05, 4.69) is 18.3 Å². The Balaban J connectivity index is 1.96. The van der Waals surface area contributed by atoms with Gasteiger partial charge in [-0.05, 0) is 37.6 Å². The van der Waals surface area contributed by atoms with Crippen molar-refractivity contribution in [1.82, 2.24) is 5.32 Å². The molecular formula is C11H20N2. The number of nitrogens with zero attached hydrogens (tertiary/aromatic N) is 1. The molecule has 0 aromatic rings. The van der Waals surface area contributed by atoms with Crippen LogP contribution in [0.4, 0.5) is 0 Å². The van der Waals surface area contributed by atoms with Crippen molar-refractivity contribution in [2.24, 2.45) is 5.41 Å². The standard InChI is InChI=1S/C11H20N2/c1-2-5-11(6-7-11)10-13-9-4-3-8-12/h13H,2-7,9-10H2,1H3. The Morgan fingerprint density at radius 3 is 2.77 bits per heavy atom. The van der Waals surface area contributed by atoms with Gasteiger partial charge in [0.2, 0.25) is 0 Å². The van der Waals surface area contributed by atoms with Crippen LogP contribution < -0.4 is 5.32 Å². The Hall–Kier alpha value is -0.550. The van der Waals surface area contributed by atoms with Gasteiger partial charge < -0.3 is 5.32 Å². The molecule has 1 saturated carbocycles. The van der Waals surface area contributed by atoms with E-state index in [1.165, 1.54) is 32.2 Å². The van der Waals surface area contributed by atoms with Gasteiger partial charge in [0, 0.05) is 13.0 Å². The van der Waals surface area contributed by atoms with Gasteiger partial charge in [-0.1, -0.05) is 13.3 Å². The lowest BCUT2D eigenvalue weighted by molar-refractivity contribution is 0.420. The molecule has 1 fully saturated rings. The summed E-state index contributed by atoms with van der Waals surface area (Å²) in [6, 6.07) is 2.17. The minimum absolute atomic E-state index is 0.654. The minimum atomic E-state index is 0.654. The summed E-state index contributed by atoms with van der Waals surface area (Å²) in [5, 5.41) is 11.8. The zero-order valence-corrected chi connectivity index (χ0v) is 8.60. The van der Waals surface area contributed by atoms with Crippen LogP contribution in [0.1, 0.15) is 45.4 Å². The van der Waals surface area contributed by atoms with E-state index in [4.69, 9.17) is 5.26 Å². The second-order valence-electron chi connectivity index (χ2n) is 4.19. The van der Waals surface area contributed by atoms with Gasteiger partial charge in [-0.2, -0.15) is 5.26 Å². The first-order chi connectivity index (χ1) is 6.33. The predicted octanol–water partition coefficient (Wildman–Crippen LogP) is 2.46. The van der Waals surface area contributed by atoms with Gasteiger partial charge in [-0.15, -0.1) is 0 Å². The SMILES string of the molecule is CCCC1(CNCCCC#N)CC1. The highest BCUT2D eigenvalue weighted by atomic mass is 14.9. The molecule has 0 bridgehead atoms. The Labute approximate surface area is 81.3 Å². The van der Waals surface area contributed by atoms with E-state index < -0.39 is 0 Å². The Bertz CT molecular complexity index is 177. The van der Waals surface area contributed by atoms with Gasteiger partial charge in [-0.3, -0.25) is 0 Å². The molecule has 0 spiro atoms. The fourth-order valence-electron chi connectivity index (χ4n) is 1.87. The maximum atomic E-state index is 8.34. The summed E-state index contributed by atoms with van der Waals surface area (Å²) in [7, 11) is 0. The van der Waals surface area contributed by atoms with Crippen molar-refractivity contribution in [3.8, 4) is 6.07 Å². The highest BCUT2D eigenvalue weighted by molar-refractivity contribution is 4.94. The van der Waals surface area contributed by atoms with Crippen LogP contribution in [0.3, 0.4) is 0 Å². The monoisotopic (exact) mass is 180 g/mol. The smallest absolute Gasteiger partial charge is 0.0622 e. The average Bonchev–Trinajstić information content (AvgIpc) is 2.86. The van der Waals surface area contributed by atoms with Crippen LogP contribution in [-0.2, 0) is 0 Å². The van der Waals surface area contributed by atoms with E-state index in [-0.39, 0.29) is 0 Å². The lowest BCUT2D eigenvalue weighted by atomic mass is 10.0. The van der Waals surface area contributed by atoms with Crippen LogP contribution in [0.2, 0.25) is 0 Å². The van der Waals surface area contributed by atoms with Crippen LogP contribution >= 0.6 is 0 Å². The second kappa shape index (κ2) is 5.24. The predicted molar refractivity (Wildman–Crippen MR) is 54.3 cm³/mol. The molecule has 0 saturated heterocycles. The molecule has 2 heteroatoms. The Kier molecular flexibility index (Phi) is 4.24. The van der Waals surface area contributed by atoms with Crippen LogP contribution in [-0.4, -0.2) is 13.1 Å². The third-order valence-corrected chi connectivity index (χ3v) is 2.88. The lowest BCUT2D eigenvalue weighted by Crippen LogP contribution is -2.24. The summed E-state index contributed by atoms with van der Waals surface area (Å²) in [6.07, 6.45) is 7.18. The fraction of sp³-hybridized carbons (Fsp3) is 0.909. The summed E-state index contributed by atoms with van der Waals surface area (Å²) in [4.78, 5) is 0. The maximum absolute atomic E-state index is 8.34. The Morgan fingerprint density at radius 1 is 1.46 bits per heavy atom. The van der Waals surface area contributed by atoms with E-state index in [1.54, 1.807) is 0 Å². The quantitative estimate of drug-likeness (QED) is 0.611. The first-order valence-corrected chi connectivity index (χ1v) is 5.41.